The lowest BCUT2D eigenvalue weighted by atomic mass is 10.2. The second kappa shape index (κ2) is 9.83. The number of carbonyl (C=O) groups is 1. The molecule has 0 saturated heterocycles. The first-order valence-electron chi connectivity index (χ1n) is 8.54. The van der Waals surface area contributed by atoms with Crippen molar-refractivity contribution < 1.29 is 14.3 Å². The summed E-state index contributed by atoms with van der Waals surface area (Å²) in [5, 5.41) is 3.97. The monoisotopic (exact) mass is 410 g/mol. The van der Waals surface area contributed by atoms with E-state index in [1.807, 2.05) is 38.1 Å². The molecule has 7 heteroatoms. The van der Waals surface area contributed by atoms with Gasteiger partial charge in [-0.2, -0.15) is 0 Å². The Balaban J connectivity index is 2.12. The number of nitrogens with one attached hydrogen (secondary N) is 1. The average Bonchev–Trinajstić information content (AvgIpc) is 2.62. The van der Waals surface area contributed by atoms with Crippen molar-refractivity contribution in [3.63, 3.8) is 0 Å². The van der Waals surface area contributed by atoms with E-state index in [4.69, 9.17) is 32.7 Å². The molecule has 0 aliphatic carbocycles. The molecule has 0 bridgehead atoms. The topological polar surface area (TPSA) is 50.8 Å². The van der Waals surface area contributed by atoms with Crippen molar-refractivity contribution in [3.05, 3.63) is 52.0 Å². The number of hydrogen-bond acceptors (Lipinski definition) is 4. The number of benzene rings is 2. The zero-order valence-corrected chi connectivity index (χ0v) is 17.4. The summed E-state index contributed by atoms with van der Waals surface area (Å²) < 4.78 is 10.5. The van der Waals surface area contributed by atoms with Gasteiger partial charge in [-0.15, -0.1) is 0 Å². The fourth-order valence-corrected chi connectivity index (χ4v) is 3.07. The van der Waals surface area contributed by atoms with E-state index in [1.165, 1.54) is 14.2 Å². The molecule has 0 unspecified atom stereocenters. The van der Waals surface area contributed by atoms with Crippen molar-refractivity contribution >= 4 is 34.8 Å². The molecule has 1 N–H and O–H groups in total. The maximum Gasteiger partial charge on any atom is 0.238 e. The number of hydrogen-bond donors (Lipinski definition) is 1. The van der Waals surface area contributed by atoms with E-state index < -0.39 is 0 Å². The van der Waals surface area contributed by atoms with E-state index in [2.05, 4.69) is 10.2 Å². The Hall–Kier alpha value is -1.95. The third kappa shape index (κ3) is 6.03. The van der Waals surface area contributed by atoms with Gasteiger partial charge in [0.25, 0.3) is 0 Å². The van der Waals surface area contributed by atoms with Crippen LogP contribution in [0.1, 0.15) is 19.4 Å². The summed E-state index contributed by atoms with van der Waals surface area (Å²) in [5.74, 6) is 0.779. The molecule has 2 rings (SSSR count). The summed E-state index contributed by atoms with van der Waals surface area (Å²) in [4.78, 5) is 14.7. The number of ether oxygens (including phenoxy) is 2. The van der Waals surface area contributed by atoms with Crippen LogP contribution in [0.2, 0.25) is 10.0 Å². The van der Waals surface area contributed by atoms with E-state index >= 15 is 0 Å². The van der Waals surface area contributed by atoms with Crippen LogP contribution < -0.4 is 14.8 Å². The first kappa shape index (κ1) is 21.4. The first-order chi connectivity index (χ1) is 12.8. The van der Waals surface area contributed by atoms with Gasteiger partial charge < -0.3 is 14.8 Å². The van der Waals surface area contributed by atoms with Crippen LogP contribution in [0, 0.1) is 0 Å². The Morgan fingerprint density at radius 3 is 2.41 bits per heavy atom. The number of rotatable bonds is 8. The minimum atomic E-state index is -0.159. The molecular weight excluding hydrogens is 387 g/mol. The molecule has 1 amide bonds. The second-order valence-corrected chi connectivity index (χ2v) is 7.21. The summed E-state index contributed by atoms with van der Waals surface area (Å²) >= 11 is 12.2. The summed E-state index contributed by atoms with van der Waals surface area (Å²) in [6.07, 6.45) is 0. The van der Waals surface area contributed by atoms with Crippen molar-refractivity contribution in [1.29, 1.82) is 0 Å². The molecule has 27 heavy (non-hydrogen) atoms. The predicted octanol–water partition coefficient (Wildman–Crippen LogP) is 4.86. The molecule has 0 radical (unpaired) electrons. The smallest absolute Gasteiger partial charge is 0.238 e. The van der Waals surface area contributed by atoms with Gasteiger partial charge in [0.05, 0.1) is 31.5 Å². The molecule has 0 heterocycles. The molecule has 2 aromatic carbocycles. The van der Waals surface area contributed by atoms with Gasteiger partial charge in [0.2, 0.25) is 5.91 Å². The van der Waals surface area contributed by atoms with Crippen LogP contribution in [-0.4, -0.2) is 37.6 Å². The molecule has 0 aromatic heterocycles. The highest BCUT2D eigenvalue weighted by molar-refractivity contribution is 6.32. The van der Waals surface area contributed by atoms with E-state index in [-0.39, 0.29) is 18.5 Å². The van der Waals surface area contributed by atoms with Gasteiger partial charge in [0.15, 0.2) is 0 Å². The number of anilines is 1. The average molecular weight is 411 g/mol. The standard InChI is InChI=1S/C20H24Cl2N2O3/c1-13(2)24(11-14-6-5-7-15(21)8-14)12-20(25)23-17-10-18(26-3)16(22)9-19(17)27-4/h5-10,13H,11-12H2,1-4H3,(H,23,25). The fraction of sp³-hybridized carbons (Fsp3) is 0.350. The Kier molecular flexibility index (Phi) is 7.78. The van der Waals surface area contributed by atoms with Crippen LogP contribution in [-0.2, 0) is 11.3 Å². The molecule has 146 valence electrons. The highest BCUT2D eigenvalue weighted by atomic mass is 35.5. The summed E-state index contributed by atoms with van der Waals surface area (Å²) in [6, 6.07) is 11.1. The lowest BCUT2D eigenvalue weighted by molar-refractivity contribution is -0.117. The van der Waals surface area contributed by atoms with E-state index in [0.29, 0.717) is 33.8 Å². The number of amides is 1. The Morgan fingerprint density at radius 1 is 1.11 bits per heavy atom. The summed E-state index contributed by atoms with van der Waals surface area (Å²) in [7, 11) is 3.04. The molecule has 0 saturated carbocycles. The highest BCUT2D eigenvalue weighted by Gasteiger charge is 2.17. The van der Waals surface area contributed by atoms with Gasteiger partial charge in [0, 0.05) is 29.7 Å². The maximum absolute atomic E-state index is 12.6. The quantitative estimate of drug-likeness (QED) is 0.674. The third-order valence-corrected chi connectivity index (χ3v) is 4.63. The Labute approximate surface area is 170 Å². The lowest BCUT2D eigenvalue weighted by Gasteiger charge is -2.26. The van der Waals surface area contributed by atoms with Crippen LogP contribution in [0.25, 0.3) is 0 Å². The van der Waals surface area contributed by atoms with E-state index in [0.717, 1.165) is 5.56 Å². The van der Waals surface area contributed by atoms with Gasteiger partial charge in [-0.1, -0.05) is 35.3 Å². The van der Waals surface area contributed by atoms with E-state index in [1.54, 1.807) is 12.1 Å². The molecule has 0 atom stereocenters. The van der Waals surface area contributed by atoms with E-state index in [9.17, 15) is 4.79 Å². The van der Waals surface area contributed by atoms with Gasteiger partial charge in [-0.25, -0.2) is 0 Å². The Morgan fingerprint density at radius 2 is 1.81 bits per heavy atom. The first-order valence-corrected chi connectivity index (χ1v) is 9.29. The zero-order chi connectivity index (χ0) is 20.0. The zero-order valence-electron chi connectivity index (χ0n) is 15.9. The van der Waals surface area contributed by atoms with Gasteiger partial charge in [-0.05, 0) is 31.5 Å². The maximum atomic E-state index is 12.6. The normalized spacial score (nSPS) is 11.0. The molecular formula is C20H24Cl2N2O3. The van der Waals surface area contributed by atoms with Crippen molar-refractivity contribution in [2.75, 3.05) is 26.1 Å². The predicted molar refractivity (Wildman–Crippen MR) is 110 cm³/mol. The fourth-order valence-electron chi connectivity index (χ4n) is 2.62. The lowest BCUT2D eigenvalue weighted by Crippen LogP contribution is -2.37. The van der Waals surface area contributed by atoms with Crippen LogP contribution in [0.5, 0.6) is 11.5 Å². The number of carbonyl (C=O) groups excluding carboxylic acids is 1. The number of methoxy groups -OCH3 is 2. The highest BCUT2D eigenvalue weighted by Crippen LogP contribution is 2.35. The minimum Gasteiger partial charge on any atom is -0.495 e. The van der Waals surface area contributed by atoms with Crippen LogP contribution in [0.15, 0.2) is 36.4 Å². The summed E-state index contributed by atoms with van der Waals surface area (Å²) in [6.45, 7) is 4.93. The van der Waals surface area contributed by atoms with Crippen molar-refractivity contribution in [2.24, 2.45) is 0 Å². The Bertz CT molecular complexity index is 797. The second-order valence-electron chi connectivity index (χ2n) is 6.36. The van der Waals surface area contributed by atoms with Crippen molar-refractivity contribution in [2.45, 2.75) is 26.4 Å². The van der Waals surface area contributed by atoms with Crippen molar-refractivity contribution in [3.8, 4) is 11.5 Å². The number of nitrogens with zero attached hydrogens (tertiary/aromatic N) is 1. The largest absolute Gasteiger partial charge is 0.495 e. The summed E-state index contributed by atoms with van der Waals surface area (Å²) in [5.41, 5.74) is 1.56. The third-order valence-electron chi connectivity index (χ3n) is 4.10. The molecule has 2 aromatic rings. The molecule has 0 spiro atoms. The molecule has 0 aliphatic heterocycles. The van der Waals surface area contributed by atoms with Crippen LogP contribution in [0.3, 0.4) is 0 Å². The minimum absolute atomic E-state index is 0.159. The van der Waals surface area contributed by atoms with Crippen LogP contribution >= 0.6 is 23.2 Å². The van der Waals surface area contributed by atoms with Crippen molar-refractivity contribution in [1.82, 2.24) is 4.90 Å². The van der Waals surface area contributed by atoms with Crippen LogP contribution in [0.4, 0.5) is 5.69 Å². The van der Waals surface area contributed by atoms with Gasteiger partial charge in [-0.3, -0.25) is 9.69 Å². The number of halogens is 2. The van der Waals surface area contributed by atoms with Gasteiger partial charge in [0.1, 0.15) is 11.5 Å². The molecule has 5 nitrogen and oxygen atoms in total. The SMILES string of the molecule is COc1cc(NC(=O)CN(Cc2cccc(Cl)c2)C(C)C)c(OC)cc1Cl. The van der Waals surface area contributed by atoms with Gasteiger partial charge >= 0.3 is 0 Å². The molecule has 0 fully saturated rings. The molecule has 0 aliphatic rings.